The summed E-state index contributed by atoms with van der Waals surface area (Å²) in [5.41, 5.74) is 7.88. The molecule has 2 N–H and O–H groups in total. The Balaban J connectivity index is 3.21. The molecule has 1 rings (SSSR count). The zero-order valence-electron chi connectivity index (χ0n) is 7.87. The molecule has 0 radical (unpaired) electrons. The van der Waals surface area contributed by atoms with Crippen LogP contribution in [0.1, 0.15) is 19.4 Å². The van der Waals surface area contributed by atoms with Crippen molar-refractivity contribution in [2.75, 3.05) is 5.73 Å². The molecule has 0 saturated heterocycles. The van der Waals surface area contributed by atoms with Crippen LogP contribution >= 0.6 is 0 Å². The minimum atomic E-state index is 0.0420. The molecule has 0 spiro atoms. The smallest absolute Gasteiger partial charge is 0.160 e. The molecule has 0 fully saturated rings. The number of nitrogen functional groups attached to an aromatic ring is 1. The number of hydrogen-bond acceptors (Lipinski definition) is 2. The number of hydrogen-bond donors (Lipinski definition) is 1. The van der Waals surface area contributed by atoms with Crippen molar-refractivity contribution in [3.63, 3.8) is 0 Å². The SMILES string of the molecule is CC=C(C(C)=O)c1ccccc1N. The number of allylic oxidation sites excluding steroid dienone is 2. The van der Waals surface area contributed by atoms with Gasteiger partial charge in [-0.1, -0.05) is 24.3 Å². The summed E-state index contributed by atoms with van der Waals surface area (Å²) in [5.74, 6) is 0.0420. The van der Waals surface area contributed by atoms with Gasteiger partial charge in [-0.3, -0.25) is 4.79 Å². The molecular formula is C11H13NO. The zero-order chi connectivity index (χ0) is 9.84. The molecule has 0 amide bonds. The van der Waals surface area contributed by atoms with Crippen LogP contribution in [-0.2, 0) is 4.79 Å². The fourth-order valence-electron chi connectivity index (χ4n) is 1.29. The third-order valence-corrected chi connectivity index (χ3v) is 1.92. The monoisotopic (exact) mass is 175 g/mol. The van der Waals surface area contributed by atoms with Crippen LogP contribution in [-0.4, -0.2) is 5.78 Å². The third kappa shape index (κ3) is 1.96. The van der Waals surface area contributed by atoms with E-state index in [4.69, 9.17) is 5.73 Å². The maximum atomic E-state index is 11.2. The van der Waals surface area contributed by atoms with E-state index in [1.165, 1.54) is 0 Å². The molecule has 0 bridgehead atoms. The Kier molecular flexibility index (Phi) is 2.85. The summed E-state index contributed by atoms with van der Waals surface area (Å²) in [6.07, 6.45) is 1.79. The number of para-hydroxylation sites is 1. The molecule has 0 aliphatic rings. The number of nitrogens with two attached hydrogens (primary N) is 1. The molecule has 0 atom stereocenters. The molecule has 0 unspecified atom stereocenters. The average Bonchev–Trinajstić information content (AvgIpc) is 2.09. The van der Waals surface area contributed by atoms with E-state index >= 15 is 0 Å². The van der Waals surface area contributed by atoms with Gasteiger partial charge in [-0.2, -0.15) is 0 Å². The van der Waals surface area contributed by atoms with Crippen LogP contribution < -0.4 is 5.73 Å². The van der Waals surface area contributed by atoms with Crippen LogP contribution in [0, 0.1) is 0 Å². The topological polar surface area (TPSA) is 43.1 Å². The van der Waals surface area contributed by atoms with Crippen molar-refractivity contribution in [3.8, 4) is 0 Å². The summed E-state index contributed by atoms with van der Waals surface area (Å²) in [5, 5.41) is 0. The normalized spacial score (nSPS) is 11.4. The van der Waals surface area contributed by atoms with Gasteiger partial charge in [-0.15, -0.1) is 0 Å². The Bertz CT molecular complexity index is 353. The maximum Gasteiger partial charge on any atom is 0.160 e. The molecule has 0 aliphatic heterocycles. The number of ketones is 1. The Morgan fingerprint density at radius 1 is 1.38 bits per heavy atom. The van der Waals surface area contributed by atoms with E-state index < -0.39 is 0 Å². The van der Waals surface area contributed by atoms with E-state index in [0.29, 0.717) is 11.3 Å². The van der Waals surface area contributed by atoms with E-state index in [1.807, 2.05) is 25.1 Å². The highest BCUT2D eigenvalue weighted by atomic mass is 16.1. The van der Waals surface area contributed by atoms with Crippen molar-refractivity contribution in [1.82, 2.24) is 0 Å². The van der Waals surface area contributed by atoms with Crippen LogP contribution in [0.25, 0.3) is 5.57 Å². The lowest BCUT2D eigenvalue weighted by atomic mass is 10.0. The first-order valence-corrected chi connectivity index (χ1v) is 4.19. The van der Waals surface area contributed by atoms with Crippen molar-refractivity contribution in [2.24, 2.45) is 0 Å². The lowest BCUT2D eigenvalue weighted by Crippen LogP contribution is -1.99. The Hall–Kier alpha value is -1.57. The lowest BCUT2D eigenvalue weighted by molar-refractivity contribution is -0.111. The number of rotatable bonds is 2. The molecular weight excluding hydrogens is 162 g/mol. The van der Waals surface area contributed by atoms with Gasteiger partial charge >= 0.3 is 0 Å². The highest BCUT2D eigenvalue weighted by Gasteiger charge is 2.07. The van der Waals surface area contributed by atoms with Crippen molar-refractivity contribution < 1.29 is 4.79 Å². The maximum absolute atomic E-state index is 11.2. The summed E-state index contributed by atoms with van der Waals surface area (Å²) < 4.78 is 0. The van der Waals surface area contributed by atoms with E-state index in [1.54, 1.807) is 19.1 Å². The van der Waals surface area contributed by atoms with Crippen molar-refractivity contribution >= 4 is 17.0 Å². The quantitative estimate of drug-likeness (QED) is 0.553. The van der Waals surface area contributed by atoms with Gasteiger partial charge in [-0.05, 0) is 19.9 Å². The van der Waals surface area contributed by atoms with Gasteiger partial charge in [0.15, 0.2) is 5.78 Å². The van der Waals surface area contributed by atoms with Crippen molar-refractivity contribution in [1.29, 1.82) is 0 Å². The second-order valence-corrected chi connectivity index (χ2v) is 2.85. The summed E-state index contributed by atoms with van der Waals surface area (Å²) >= 11 is 0. The van der Waals surface area contributed by atoms with Crippen LogP contribution in [0.4, 0.5) is 5.69 Å². The van der Waals surface area contributed by atoms with E-state index in [9.17, 15) is 4.79 Å². The number of anilines is 1. The van der Waals surface area contributed by atoms with E-state index in [0.717, 1.165) is 5.56 Å². The zero-order valence-corrected chi connectivity index (χ0v) is 7.87. The van der Waals surface area contributed by atoms with E-state index in [-0.39, 0.29) is 5.78 Å². The molecule has 2 heteroatoms. The molecule has 2 nitrogen and oxygen atoms in total. The number of carbonyl (C=O) groups excluding carboxylic acids is 1. The van der Waals surface area contributed by atoms with Gasteiger partial charge < -0.3 is 5.73 Å². The Morgan fingerprint density at radius 2 is 2.00 bits per heavy atom. The van der Waals surface area contributed by atoms with Gasteiger partial charge in [0.2, 0.25) is 0 Å². The minimum Gasteiger partial charge on any atom is -0.398 e. The van der Waals surface area contributed by atoms with Crippen molar-refractivity contribution in [2.45, 2.75) is 13.8 Å². The summed E-state index contributed by atoms with van der Waals surface area (Å²) in [4.78, 5) is 11.2. The predicted molar refractivity (Wildman–Crippen MR) is 55.2 cm³/mol. The Labute approximate surface area is 78.1 Å². The van der Waals surface area contributed by atoms with Gasteiger partial charge in [0.1, 0.15) is 0 Å². The van der Waals surface area contributed by atoms with Crippen LogP contribution in [0.3, 0.4) is 0 Å². The third-order valence-electron chi connectivity index (χ3n) is 1.92. The fourth-order valence-corrected chi connectivity index (χ4v) is 1.29. The Morgan fingerprint density at radius 3 is 2.46 bits per heavy atom. The highest BCUT2D eigenvalue weighted by Crippen LogP contribution is 2.21. The summed E-state index contributed by atoms with van der Waals surface area (Å²) in [7, 11) is 0. The predicted octanol–water partition coefficient (Wildman–Crippen LogP) is 2.26. The second-order valence-electron chi connectivity index (χ2n) is 2.85. The van der Waals surface area contributed by atoms with Gasteiger partial charge in [0, 0.05) is 16.8 Å². The van der Waals surface area contributed by atoms with Crippen LogP contribution in [0.15, 0.2) is 30.3 Å². The number of benzene rings is 1. The number of carbonyl (C=O) groups is 1. The average molecular weight is 175 g/mol. The first-order chi connectivity index (χ1) is 6.16. The van der Waals surface area contributed by atoms with E-state index in [2.05, 4.69) is 0 Å². The second kappa shape index (κ2) is 3.90. The lowest BCUT2D eigenvalue weighted by Gasteiger charge is -2.05. The van der Waals surface area contributed by atoms with Crippen LogP contribution in [0.5, 0.6) is 0 Å². The molecule has 1 aromatic rings. The first-order valence-electron chi connectivity index (χ1n) is 4.19. The standard InChI is InChI=1S/C11H13NO/c1-3-9(8(2)13)10-6-4-5-7-11(10)12/h3-7H,12H2,1-2H3. The summed E-state index contributed by atoms with van der Waals surface area (Å²) in [6.45, 7) is 3.38. The highest BCUT2D eigenvalue weighted by molar-refractivity contribution is 6.20. The molecule has 0 saturated carbocycles. The van der Waals surface area contributed by atoms with Gasteiger partial charge in [0.25, 0.3) is 0 Å². The molecule has 13 heavy (non-hydrogen) atoms. The summed E-state index contributed by atoms with van der Waals surface area (Å²) in [6, 6.07) is 7.37. The molecule has 1 aromatic carbocycles. The van der Waals surface area contributed by atoms with Gasteiger partial charge in [0.05, 0.1) is 0 Å². The molecule has 0 aliphatic carbocycles. The molecule has 0 aromatic heterocycles. The largest absolute Gasteiger partial charge is 0.398 e. The van der Waals surface area contributed by atoms with Gasteiger partial charge in [-0.25, -0.2) is 0 Å². The molecule has 68 valence electrons. The van der Waals surface area contributed by atoms with Crippen LogP contribution in [0.2, 0.25) is 0 Å². The number of Topliss-reactive ketones (excluding diaryl/α,β-unsaturated/α-hetero) is 1. The van der Waals surface area contributed by atoms with Crippen molar-refractivity contribution in [3.05, 3.63) is 35.9 Å². The fraction of sp³-hybridized carbons (Fsp3) is 0.182. The molecule has 0 heterocycles. The minimum absolute atomic E-state index is 0.0420. The first kappa shape index (κ1) is 9.52.